The first kappa shape index (κ1) is 13.2. The number of hydrogen-bond donors (Lipinski definition) is 0. The van der Waals surface area contributed by atoms with Crippen LogP contribution >= 0.6 is 0 Å². The molecule has 0 saturated carbocycles. The summed E-state index contributed by atoms with van der Waals surface area (Å²) in [5, 5.41) is 2.21. The topological polar surface area (TPSA) is 0 Å². The lowest BCUT2D eigenvalue weighted by Crippen LogP contribution is -2.45. The van der Waals surface area contributed by atoms with Gasteiger partial charge in [0.2, 0.25) is 0 Å². The van der Waals surface area contributed by atoms with Crippen LogP contribution in [0.2, 0.25) is 0 Å². The van der Waals surface area contributed by atoms with Crippen molar-refractivity contribution in [3.63, 3.8) is 0 Å². The summed E-state index contributed by atoms with van der Waals surface area (Å²) in [6, 6.07) is 13.7. The van der Waals surface area contributed by atoms with Crippen LogP contribution < -0.4 is 10.9 Å². The number of halogens is 3. The average molecular weight is 266 g/mol. The smallest absolute Gasteiger partial charge is 0.342 e. The molecular formula is C14H8B3F3. The predicted octanol–water partition coefficient (Wildman–Crippen LogP) is 2.46. The fraction of sp³-hybridized carbons (Fsp3) is 0. The molecule has 0 amide bonds. The Morgan fingerprint density at radius 3 is 1.45 bits per heavy atom. The molecule has 0 atom stereocenters. The van der Waals surface area contributed by atoms with Crippen LogP contribution in [0.5, 0.6) is 0 Å². The van der Waals surface area contributed by atoms with Gasteiger partial charge in [-0.25, -0.2) is 0 Å². The summed E-state index contributed by atoms with van der Waals surface area (Å²) in [6.45, 7) is -1.94. The van der Waals surface area contributed by atoms with E-state index in [0.717, 1.165) is 5.39 Å². The van der Waals surface area contributed by atoms with Gasteiger partial charge < -0.3 is 4.32 Å². The minimum atomic E-state index is -2.78. The zero-order valence-corrected chi connectivity index (χ0v) is 10.5. The summed E-state index contributed by atoms with van der Waals surface area (Å²) < 4.78 is 40.6. The van der Waals surface area contributed by atoms with Gasteiger partial charge in [0.15, 0.2) is 0 Å². The molecule has 3 rings (SSSR count). The Hall–Kier alpha value is -1.84. The molecule has 0 aliphatic carbocycles. The van der Waals surface area contributed by atoms with E-state index in [1.807, 2.05) is 0 Å². The molecule has 6 heteroatoms. The third-order valence-corrected chi connectivity index (χ3v) is 3.51. The zero-order chi connectivity index (χ0) is 14.3. The number of fused-ring (bicyclic) bond motifs is 3. The van der Waals surface area contributed by atoms with Crippen molar-refractivity contribution >= 4 is 54.4 Å². The Morgan fingerprint density at radius 2 is 1.05 bits per heavy atom. The van der Waals surface area contributed by atoms with E-state index in [-0.39, 0.29) is 10.9 Å². The molecular weight excluding hydrogens is 258 g/mol. The van der Waals surface area contributed by atoms with Gasteiger partial charge in [-0.15, -0.1) is 0 Å². The van der Waals surface area contributed by atoms with E-state index in [1.165, 1.54) is 0 Å². The predicted molar refractivity (Wildman–Crippen MR) is 81.3 cm³/mol. The normalized spacial score (nSPS) is 10.9. The van der Waals surface area contributed by atoms with Gasteiger partial charge >= 0.3 is 14.1 Å². The Balaban J connectivity index is 2.62. The lowest BCUT2D eigenvalue weighted by atomic mass is 9.42. The van der Waals surface area contributed by atoms with E-state index in [9.17, 15) is 12.9 Å². The summed E-state index contributed by atoms with van der Waals surface area (Å²) >= 11 is 0. The Morgan fingerprint density at radius 1 is 0.650 bits per heavy atom. The van der Waals surface area contributed by atoms with E-state index < -0.39 is 14.1 Å². The number of hydrogen-bond acceptors (Lipinski definition) is 0. The van der Waals surface area contributed by atoms with Crippen LogP contribution in [-0.4, -0.2) is 21.9 Å². The fourth-order valence-corrected chi connectivity index (χ4v) is 2.73. The van der Waals surface area contributed by atoms with Crippen molar-refractivity contribution in [1.29, 1.82) is 0 Å². The molecule has 0 N–H and O–H groups in total. The summed E-state index contributed by atoms with van der Waals surface area (Å²) in [6.07, 6.45) is 0. The van der Waals surface area contributed by atoms with Crippen molar-refractivity contribution in [2.75, 3.05) is 0 Å². The highest BCUT2D eigenvalue weighted by Gasteiger charge is 2.29. The monoisotopic (exact) mass is 266 g/mol. The Kier molecular flexibility index (Phi) is 3.24. The van der Waals surface area contributed by atoms with E-state index in [1.54, 1.807) is 48.5 Å². The maximum atomic E-state index is 13.8. The second-order valence-corrected chi connectivity index (χ2v) is 4.62. The van der Waals surface area contributed by atoms with Crippen LogP contribution in [0.3, 0.4) is 0 Å². The number of rotatable bonds is 2. The highest BCUT2D eigenvalue weighted by Crippen LogP contribution is 2.23. The molecule has 3 aromatic carbocycles. The third kappa shape index (κ3) is 1.91. The van der Waals surface area contributed by atoms with Crippen molar-refractivity contribution in [3.05, 3.63) is 48.5 Å². The molecule has 0 unspecified atom stereocenters. The lowest BCUT2D eigenvalue weighted by Gasteiger charge is -2.16. The van der Waals surface area contributed by atoms with Crippen LogP contribution in [0.1, 0.15) is 0 Å². The minimum Gasteiger partial charge on any atom is -0.342 e. The van der Waals surface area contributed by atoms with E-state index >= 15 is 0 Å². The van der Waals surface area contributed by atoms with Gasteiger partial charge in [-0.2, -0.15) is 0 Å². The Labute approximate surface area is 116 Å². The number of benzene rings is 3. The zero-order valence-electron chi connectivity index (χ0n) is 10.5. The van der Waals surface area contributed by atoms with Crippen LogP contribution in [0.4, 0.5) is 12.9 Å². The van der Waals surface area contributed by atoms with Gasteiger partial charge in [-0.1, -0.05) is 48.5 Å². The van der Waals surface area contributed by atoms with Crippen LogP contribution in [0.15, 0.2) is 48.5 Å². The first-order valence-electron chi connectivity index (χ1n) is 6.22. The fourth-order valence-electron chi connectivity index (χ4n) is 2.73. The summed E-state index contributed by atoms with van der Waals surface area (Å²) in [4.78, 5) is 0. The average Bonchev–Trinajstić information content (AvgIpc) is 2.45. The standard InChI is InChI=1S/C14H8B3F3/c15-16(18)13-11-7-3-1-5-9(11)10-6-2-4-8-12(10)14(13)17(19)20/h1-8H. The second-order valence-electron chi connectivity index (χ2n) is 4.62. The van der Waals surface area contributed by atoms with Crippen molar-refractivity contribution in [2.45, 2.75) is 0 Å². The van der Waals surface area contributed by atoms with Crippen LogP contribution in [0.25, 0.3) is 21.5 Å². The summed E-state index contributed by atoms with van der Waals surface area (Å²) in [5.74, 6) is 0. The molecule has 2 radical (unpaired) electrons. The lowest BCUT2D eigenvalue weighted by molar-refractivity contribution is 0.686. The molecule has 0 spiro atoms. The van der Waals surface area contributed by atoms with Gasteiger partial charge in [0, 0.05) is 0 Å². The minimum absolute atomic E-state index is 0.116. The maximum absolute atomic E-state index is 13.8. The first-order chi connectivity index (χ1) is 9.61. The second kappa shape index (κ2) is 4.93. The largest absolute Gasteiger partial charge is 0.572 e. The molecule has 20 heavy (non-hydrogen) atoms. The van der Waals surface area contributed by atoms with E-state index in [4.69, 9.17) is 7.74 Å². The maximum Gasteiger partial charge on any atom is 0.572 e. The highest BCUT2D eigenvalue weighted by molar-refractivity contribution is 7.09. The molecule has 0 aliphatic heterocycles. The van der Waals surface area contributed by atoms with Gasteiger partial charge in [0.1, 0.15) is 0 Å². The highest BCUT2D eigenvalue weighted by atomic mass is 19.2. The van der Waals surface area contributed by atoms with Gasteiger partial charge in [-0.3, -0.25) is 8.63 Å². The van der Waals surface area contributed by atoms with Crippen molar-refractivity contribution in [2.24, 2.45) is 0 Å². The first-order valence-corrected chi connectivity index (χ1v) is 6.22. The van der Waals surface area contributed by atoms with Crippen LogP contribution in [-0.2, 0) is 0 Å². The molecule has 0 aromatic heterocycles. The van der Waals surface area contributed by atoms with Crippen molar-refractivity contribution in [1.82, 2.24) is 0 Å². The molecule has 0 fully saturated rings. The molecule has 0 saturated heterocycles. The van der Waals surface area contributed by atoms with E-state index in [0.29, 0.717) is 16.2 Å². The Bertz CT molecular complexity index is 720. The van der Waals surface area contributed by atoms with E-state index in [2.05, 4.69) is 0 Å². The molecule has 0 nitrogen and oxygen atoms in total. The molecule has 0 bridgehead atoms. The summed E-state index contributed by atoms with van der Waals surface area (Å²) in [7, 11) is 2.53. The van der Waals surface area contributed by atoms with Gasteiger partial charge in [-0.05, 0) is 32.5 Å². The molecule has 3 aromatic rings. The quantitative estimate of drug-likeness (QED) is 0.493. The molecule has 94 valence electrons. The summed E-state index contributed by atoms with van der Waals surface area (Å²) in [5.41, 5.74) is -0.427. The SMILES string of the molecule is [B]B(F)c1c(B(F)F)c2ccccc2c2ccccc12. The molecule has 0 heterocycles. The van der Waals surface area contributed by atoms with Crippen molar-refractivity contribution in [3.8, 4) is 0 Å². The molecule has 0 aliphatic rings. The van der Waals surface area contributed by atoms with Gasteiger partial charge in [0.25, 0.3) is 0 Å². The van der Waals surface area contributed by atoms with Crippen LogP contribution in [0, 0.1) is 0 Å². The van der Waals surface area contributed by atoms with Crippen molar-refractivity contribution < 1.29 is 12.9 Å². The third-order valence-electron chi connectivity index (χ3n) is 3.51. The van der Waals surface area contributed by atoms with Gasteiger partial charge in [0.05, 0.1) is 7.74 Å².